The summed E-state index contributed by atoms with van der Waals surface area (Å²) in [7, 11) is 6.64. The molecule has 4 rings (SSSR count). The van der Waals surface area contributed by atoms with Gasteiger partial charge in [-0.15, -0.1) is 0 Å². The molecule has 0 aromatic carbocycles. The molecular weight excluding hydrogens is 270 g/mol. The highest BCUT2D eigenvalue weighted by Gasteiger charge is 2.32. The Morgan fingerprint density at radius 3 is 1.55 bits per heavy atom. The largest absolute Gasteiger partial charge is 0.306 e. The fourth-order valence-electron chi connectivity index (χ4n) is 4.31. The second-order valence-corrected chi connectivity index (χ2v) is 8.00. The van der Waals surface area contributed by atoms with Gasteiger partial charge in [0.25, 0.3) is 0 Å². The van der Waals surface area contributed by atoms with E-state index in [0.717, 1.165) is 12.0 Å². The van der Waals surface area contributed by atoms with E-state index < -0.39 is 0 Å². The van der Waals surface area contributed by atoms with Crippen molar-refractivity contribution >= 4 is 0 Å². The normalized spacial score (nSPS) is 32.9. The Balaban J connectivity index is 0.000000124. The van der Waals surface area contributed by atoms with Gasteiger partial charge in [-0.05, 0) is 98.2 Å². The van der Waals surface area contributed by atoms with Gasteiger partial charge in [-0.1, -0.05) is 12.8 Å². The zero-order valence-electron chi connectivity index (χ0n) is 15.4. The molecule has 3 saturated heterocycles. The minimum Gasteiger partial charge on any atom is -0.306 e. The smallest absolute Gasteiger partial charge is 0.00954 e. The van der Waals surface area contributed by atoms with Crippen molar-refractivity contribution in [3.05, 3.63) is 0 Å². The third-order valence-corrected chi connectivity index (χ3v) is 5.83. The average molecular weight is 310 g/mol. The highest BCUT2D eigenvalue weighted by atomic mass is 15.2. The fraction of sp³-hybridized carbons (Fsp3) is 1.00. The topological polar surface area (TPSA) is 9.72 Å². The molecule has 3 heteroatoms. The summed E-state index contributed by atoms with van der Waals surface area (Å²) in [6.07, 6.45) is 13.0. The third kappa shape index (κ3) is 6.55. The molecule has 2 unspecified atom stereocenters. The summed E-state index contributed by atoms with van der Waals surface area (Å²) in [6.45, 7) is 6.66. The minimum atomic E-state index is 0.962. The lowest BCUT2D eigenvalue weighted by atomic mass is 9.91. The van der Waals surface area contributed by atoms with Crippen LogP contribution in [0.4, 0.5) is 0 Å². The maximum absolute atomic E-state index is 2.54. The standard InChI is InChI=1S/C8H15N.C6H13N.C5H11N/c1-9-6-7-3-2-4-8(9)5-7;1-7-5-3-2-4-6-7;1-6-4-2-3-5-6/h7-8H,2-6H2,1H3;2-6H2,1H3;2-5H2,1H3. The Labute approximate surface area is 139 Å². The van der Waals surface area contributed by atoms with Crippen LogP contribution in [0.15, 0.2) is 0 Å². The number of fused-ring (bicyclic) bond motifs is 2. The molecule has 4 aliphatic rings. The van der Waals surface area contributed by atoms with Crippen molar-refractivity contribution in [2.24, 2.45) is 5.92 Å². The second kappa shape index (κ2) is 9.89. The van der Waals surface area contributed by atoms with Crippen LogP contribution in [0.3, 0.4) is 0 Å². The first-order valence-electron chi connectivity index (χ1n) is 9.72. The quantitative estimate of drug-likeness (QED) is 0.680. The zero-order valence-corrected chi connectivity index (χ0v) is 15.4. The van der Waals surface area contributed by atoms with E-state index in [1.54, 1.807) is 0 Å². The summed E-state index contributed by atoms with van der Waals surface area (Å²) < 4.78 is 0. The van der Waals surface area contributed by atoms with Crippen LogP contribution in [-0.2, 0) is 0 Å². The van der Waals surface area contributed by atoms with Crippen LogP contribution in [-0.4, -0.2) is 74.6 Å². The zero-order chi connectivity index (χ0) is 15.8. The summed E-state index contributed by atoms with van der Waals surface area (Å²) >= 11 is 0. The number of likely N-dealkylation sites (tertiary alicyclic amines) is 3. The second-order valence-electron chi connectivity index (χ2n) is 8.00. The Morgan fingerprint density at radius 2 is 1.18 bits per heavy atom. The number of hydrogen-bond acceptors (Lipinski definition) is 3. The van der Waals surface area contributed by atoms with Crippen LogP contribution in [0.25, 0.3) is 0 Å². The predicted molar refractivity (Wildman–Crippen MR) is 96.5 cm³/mol. The van der Waals surface area contributed by atoms with Crippen LogP contribution >= 0.6 is 0 Å². The van der Waals surface area contributed by atoms with Gasteiger partial charge in [0.15, 0.2) is 0 Å². The van der Waals surface area contributed by atoms with E-state index in [-0.39, 0.29) is 0 Å². The molecule has 3 nitrogen and oxygen atoms in total. The summed E-state index contributed by atoms with van der Waals surface area (Å²) in [5, 5.41) is 0. The van der Waals surface area contributed by atoms with E-state index in [4.69, 9.17) is 0 Å². The highest BCUT2D eigenvalue weighted by molar-refractivity contribution is 4.87. The van der Waals surface area contributed by atoms with Gasteiger partial charge in [0.1, 0.15) is 0 Å². The van der Waals surface area contributed by atoms with Gasteiger partial charge in [-0.2, -0.15) is 0 Å². The van der Waals surface area contributed by atoms with Gasteiger partial charge >= 0.3 is 0 Å². The Bertz CT molecular complexity index is 280. The number of nitrogens with zero attached hydrogens (tertiary/aromatic N) is 3. The number of piperidine rings is 1. The van der Waals surface area contributed by atoms with Gasteiger partial charge in [0, 0.05) is 12.6 Å². The molecule has 130 valence electrons. The molecule has 3 aliphatic heterocycles. The van der Waals surface area contributed by atoms with E-state index in [1.165, 1.54) is 90.5 Å². The molecule has 0 amide bonds. The molecule has 3 heterocycles. The number of rotatable bonds is 0. The Hall–Kier alpha value is -0.120. The van der Waals surface area contributed by atoms with Gasteiger partial charge in [0.05, 0.1) is 0 Å². The fourth-order valence-corrected chi connectivity index (χ4v) is 4.31. The summed E-state index contributed by atoms with van der Waals surface area (Å²) in [5.41, 5.74) is 0. The molecule has 0 aromatic rings. The maximum atomic E-state index is 2.54. The molecule has 4 fully saturated rings. The summed E-state index contributed by atoms with van der Waals surface area (Å²) in [5.74, 6) is 1.06. The predicted octanol–water partition coefficient (Wildman–Crippen LogP) is 3.30. The van der Waals surface area contributed by atoms with E-state index in [9.17, 15) is 0 Å². The van der Waals surface area contributed by atoms with Crippen molar-refractivity contribution in [2.45, 2.75) is 63.8 Å². The Kier molecular flexibility index (Phi) is 8.19. The monoisotopic (exact) mass is 309 g/mol. The van der Waals surface area contributed by atoms with Gasteiger partial charge in [-0.25, -0.2) is 0 Å². The molecular formula is C19H39N3. The molecule has 2 bridgehead atoms. The molecule has 0 aromatic heterocycles. The minimum absolute atomic E-state index is 0.962. The maximum Gasteiger partial charge on any atom is 0.00954 e. The van der Waals surface area contributed by atoms with Crippen LogP contribution in [0.5, 0.6) is 0 Å². The Morgan fingerprint density at radius 1 is 0.636 bits per heavy atom. The third-order valence-electron chi connectivity index (χ3n) is 5.83. The van der Waals surface area contributed by atoms with E-state index in [1.807, 2.05) is 0 Å². The molecule has 22 heavy (non-hydrogen) atoms. The molecule has 0 spiro atoms. The lowest BCUT2D eigenvalue weighted by Gasteiger charge is -2.20. The first-order valence-corrected chi connectivity index (χ1v) is 9.72. The van der Waals surface area contributed by atoms with Crippen LogP contribution in [0.1, 0.15) is 57.8 Å². The molecule has 0 radical (unpaired) electrons. The van der Waals surface area contributed by atoms with Crippen molar-refractivity contribution in [3.8, 4) is 0 Å². The van der Waals surface area contributed by atoms with E-state index >= 15 is 0 Å². The van der Waals surface area contributed by atoms with Crippen molar-refractivity contribution in [1.82, 2.24) is 14.7 Å². The van der Waals surface area contributed by atoms with Crippen LogP contribution in [0, 0.1) is 5.92 Å². The summed E-state index contributed by atoms with van der Waals surface area (Å²) in [6, 6.07) is 0.962. The van der Waals surface area contributed by atoms with E-state index in [2.05, 4.69) is 35.8 Å². The van der Waals surface area contributed by atoms with Gasteiger partial charge in [0.2, 0.25) is 0 Å². The average Bonchev–Trinajstić information content (AvgIpc) is 3.09. The lowest BCUT2D eigenvalue weighted by molar-refractivity contribution is 0.277. The van der Waals surface area contributed by atoms with Crippen LogP contribution < -0.4 is 0 Å². The van der Waals surface area contributed by atoms with Crippen LogP contribution in [0.2, 0.25) is 0 Å². The van der Waals surface area contributed by atoms with Crippen molar-refractivity contribution < 1.29 is 0 Å². The van der Waals surface area contributed by atoms with Crippen molar-refractivity contribution in [2.75, 3.05) is 53.9 Å². The molecule has 1 saturated carbocycles. The van der Waals surface area contributed by atoms with Crippen molar-refractivity contribution in [3.63, 3.8) is 0 Å². The first kappa shape index (κ1) is 18.2. The molecule has 0 N–H and O–H groups in total. The SMILES string of the molecule is CN1CC2CCCC1C2.CN1CCCC1.CN1CCCCC1. The number of hydrogen-bond donors (Lipinski definition) is 0. The summed E-state index contributed by atoms with van der Waals surface area (Å²) in [4.78, 5) is 7.29. The lowest BCUT2D eigenvalue weighted by Crippen LogP contribution is -2.24. The molecule has 2 atom stereocenters. The van der Waals surface area contributed by atoms with E-state index in [0.29, 0.717) is 0 Å². The highest BCUT2D eigenvalue weighted by Crippen LogP contribution is 2.33. The van der Waals surface area contributed by atoms with Crippen molar-refractivity contribution in [1.29, 1.82) is 0 Å². The molecule has 1 aliphatic carbocycles. The van der Waals surface area contributed by atoms with Gasteiger partial charge < -0.3 is 14.7 Å². The van der Waals surface area contributed by atoms with Gasteiger partial charge in [-0.3, -0.25) is 0 Å². The first-order chi connectivity index (χ1) is 10.6.